The lowest BCUT2D eigenvalue weighted by atomic mass is 10.4. The molecule has 0 amide bonds. The maximum absolute atomic E-state index is 12.4. The number of nitrogens with zero attached hydrogens (tertiary/aromatic N) is 1. The Bertz CT molecular complexity index is 766. The molecule has 0 aromatic heterocycles. The number of ether oxygens (including phenoxy) is 1. The second-order valence-corrected chi connectivity index (χ2v) is 8.41. The minimum Gasteiger partial charge on any atom is -0.480 e. The van der Waals surface area contributed by atoms with Gasteiger partial charge in [0.05, 0.1) is 23.0 Å². The largest absolute Gasteiger partial charge is 0.480 e. The van der Waals surface area contributed by atoms with E-state index in [1.54, 1.807) is 0 Å². The van der Waals surface area contributed by atoms with Crippen LogP contribution >= 0.6 is 0 Å². The average Bonchev–Trinajstić information content (AvgIpc) is 2.54. The molecule has 0 aliphatic carbocycles. The first-order valence-electron chi connectivity index (χ1n) is 6.63. The van der Waals surface area contributed by atoms with E-state index in [1.807, 2.05) is 4.72 Å². The number of rotatable bonds is 6. The summed E-state index contributed by atoms with van der Waals surface area (Å²) in [6.07, 6.45) is 0. The molecule has 1 aromatic carbocycles. The number of aliphatic carboxylic acids is 1. The van der Waals surface area contributed by atoms with Crippen LogP contribution in [0.5, 0.6) is 0 Å². The summed E-state index contributed by atoms with van der Waals surface area (Å²) in [5.74, 6) is -1.32. The van der Waals surface area contributed by atoms with Crippen LogP contribution in [0.3, 0.4) is 0 Å². The normalized spacial score (nSPS) is 17.0. The molecule has 0 bridgehead atoms. The fourth-order valence-electron chi connectivity index (χ4n) is 1.97. The number of hydrogen-bond acceptors (Lipinski definition) is 6. The zero-order chi connectivity index (χ0) is 17.1. The van der Waals surface area contributed by atoms with E-state index in [0.29, 0.717) is 13.2 Å². The molecule has 0 spiro atoms. The molecule has 1 aliphatic heterocycles. The van der Waals surface area contributed by atoms with Crippen molar-refractivity contribution in [2.45, 2.75) is 9.79 Å². The Morgan fingerprint density at radius 3 is 2.13 bits per heavy atom. The highest BCUT2D eigenvalue weighted by molar-refractivity contribution is 7.89. The molecule has 2 N–H and O–H groups in total. The number of sulfonamides is 2. The lowest BCUT2D eigenvalue weighted by Gasteiger charge is -2.26. The van der Waals surface area contributed by atoms with Crippen LogP contribution in [0.4, 0.5) is 0 Å². The number of carbonyl (C=O) groups is 1. The van der Waals surface area contributed by atoms with Gasteiger partial charge in [0, 0.05) is 13.1 Å². The van der Waals surface area contributed by atoms with Crippen LogP contribution in [0, 0.1) is 0 Å². The third kappa shape index (κ3) is 4.26. The highest BCUT2D eigenvalue weighted by Crippen LogP contribution is 2.19. The van der Waals surface area contributed by atoms with E-state index < -0.39 is 32.6 Å². The molecular weight excluding hydrogens is 348 g/mol. The minimum atomic E-state index is -4.00. The van der Waals surface area contributed by atoms with Crippen LogP contribution in [-0.4, -0.2) is 65.1 Å². The van der Waals surface area contributed by atoms with Crippen molar-refractivity contribution in [2.75, 3.05) is 32.8 Å². The SMILES string of the molecule is O=C(O)CNS(=O)(=O)c1ccc(S(=O)(=O)N2CCOCC2)cc1. The number of carboxylic acid groups (broad SMARTS) is 1. The van der Waals surface area contributed by atoms with Gasteiger partial charge < -0.3 is 9.84 Å². The van der Waals surface area contributed by atoms with Crippen LogP contribution in [0.25, 0.3) is 0 Å². The van der Waals surface area contributed by atoms with E-state index in [1.165, 1.54) is 16.4 Å². The number of carboxylic acids is 1. The molecule has 11 heteroatoms. The quantitative estimate of drug-likeness (QED) is 0.667. The predicted octanol–water partition coefficient (Wildman–Crippen LogP) is -0.930. The van der Waals surface area contributed by atoms with Crippen LogP contribution < -0.4 is 4.72 Å². The average molecular weight is 364 g/mol. The number of benzene rings is 1. The standard InChI is InChI=1S/C12H16N2O7S2/c15-12(16)9-13-22(17,18)10-1-3-11(4-2-10)23(19,20)14-5-7-21-8-6-14/h1-4,13H,5-9H2,(H,15,16). The van der Waals surface area contributed by atoms with E-state index in [0.717, 1.165) is 12.1 Å². The monoisotopic (exact) mass is 364 g/mol. The molecule has 2 rings (SSSR count). The Morgan fingerprint density at radius 1 is 1.09 bits per heavy atom. The summed E-state index contributed by atoms with van der Waals surface area (Å²) in [6, 6.07) is 4.61. The highest BCUT2D eigenvalue weighted by Gasteiger charge is 2.26. The van der Waals surface area contributed by atoms with Crippen molar-refractivity contribution in [2.24, 2.45) is 0 Å². The second kappa shape index (κ2) is 6.93. The van der Waals surface area contributed by atoms with Gasteiger partial charge in [-0.15, -0.1) is 0 Å². The highest BCUT2D eigenvalue weighted by atomic mass is 32.2. The summed E-state index contributed by atoms with van der Waals surface area (Å²) in [7, 11) is -7.71. The van der Waals surface area contributed by atoms with Gasteiger partial charge in [-0.25, -0.2) is 16.8 Å². The molecule has 0 radical (unpaired) electrons. The van der Waals surface area contributed by atoms with Gasteiger partial charge in [0.15, 0.2) is 0 Å². The zero-order valence-electron chi connectivity index (χ0n) is 12.0. The molecule has 1 aromatic rings. The summed E-state index contributed by atoms with van der Waals surface area (Å²) in [4.78, 5) is 10.2. The van der Waals surface area contributed by atoms with E-state index in [9.17, 15) is 21.6 Å². The third-order valence-corrected chi connectivity index (χ3v) is 6.49. The maximum Gasteiger partial charge on any atom is 0.318 e. The van der Waals surface area contributed by atoms with E-state index in [4.69, 9.17) is 9.84 Å². The first-order valence-corrected chi connectivity index (χ1v) is 9.55. The van der Waals surface area contributed by atoms with Crippen molar-refractivity contribution < 1.29 is 31.5 Å². The molecule has 1 aliphatic rings. The Labute approximate surface area is 134 Å². The van der Waals surface area contributed by atoms with E-state index in [2.05, 4.69) is 0 Å². The lowest BCUT2D eigenvalue weighted by Crippen LogP contribution is -2.40. The summed E-state index contributed by atoms with van der Waals surface area (Å²) in [6.45, 7) is 0.344. The van der Waals surface area contributed by atoms with Gasteiger partial charge in [0.25, 0.3) is 0 Å². The van der Waals surface area contributed by atoms with E-state index in [-0.39, 0.29) is 22.9 Å². The Balaban J connectivity index is 2.20. The number of morpholine rings is 1. The predicted molar refractivity (Wildman–Crippen MR) is 78.8 cm³/mol. The lowest BCUT2D eigenvalue weighted by molar-refractivity contribution is -0.135. The molecule has 9 nitrogen and oxygen atoms in total. The first kappa shape index (κ1) is 17.8. The Hall–Kier alpha value is -1.53. The number of nitrogens with one attached hydrogen (secondary N) is 1. The minimum absolute atomic E-state index is 0.0309. The van der Waals surface area contributed by atoms with Gasteiger partial charge >= 0.3 is 5.97 Å². The summed E-state index contributed by atoms with van der Waals surface area (Å²) in [5.41, 5.74) is 0. The molecule has 128 valence electrons. The van der Waals surface area contributed by atoms with Gasteiger partial charge in [0.1, 0.15) is 6.54 Å². The van der Waals surface area contributed by atoms with Crippen molar-refractivity contribution in [3.05, 3.63) is 24.3 Å². The molecule has 0 unspecified atom stereocenters. The number of hydrogen-bond donors (Lipinski definition) is 2. The van der Waals surface area contributed by atoms with Crippen LogP contribution in [0.15, 0.2) is 34.1 Å². The van der Waals surface area contributed by atoms with Crippen LogP contribution in [0.1, 0.15) is 0 Å². The van der Waals surface area contributed by atoms with Crippen molar-refractivity contribution in [3.8, 4) is 0 Å². The van der Waals surface area contributed by atoms with Gasteiger partial charge in [-0.3, -0.25) is 4.79 Å². The van der Waals surface area contributed by atoms with Gasteiger partial charge in [-0.05, 0) is 24.3 Å². The molecule has 0 saturated carbocycles. The van der Waals surface area contributed by atoms with Crippen molar-refractivity contribution in [1.82, 2.24) is 9.03 Å². The fraction of sp³-hybridized carbons (Fsp3) is 0.417. The topological polar surface area (TPSA) is 130 Å². The maximum atomic E-state index is 12.4. The summed E-state index contributed by atoms with van der Waals surface area (Å²) >= 11 is 0. The van der Waals surface area contributed by atoms with Gasteiger partial charge in [-0.1, -0.05) is 0 Å². The molecule has 23 heavy (non-hydrogen) atoms. The molecular formula is C12H16N2O7S2. The Morgan fingerprint density at radius 2 is 1.61 bits per heavy atom. The van der Waals surface area contributed by atoms with Gasteiger partial charge in [-0.2, -0.15) is 9.03 Å². The summed E-state index contributed by atoms with van der Waals surface area (Å²) < 4.78 is 56.7. The summed E-state index contributed by atoms with van der Waals surface area (Å²) in [5, 5.41) is 8.50. The van der Waals surface area contributed by atoms with Crippen molar-refractivity contribution >= 4 is 26.0 Å². The second-order valence-electron chi connectivity index (χ2n) is 4.71. The van der Waals surface area contributed by atoms with Crippen LogP contribution in [-0.2, 0) is 29.6 Å². The first-order chi connectivity index (χ1) is 10.7. The van der Waals surface area contributed by atoms with E-state index >= 15 is 0 Å². The fourth-order valence-corrected chi connectivity index (χ4v) is 4.35. The third-order valence-electron chi connectivity index (χ3n) is 3.16. The Kier molecular flexibility index (Phi) is 5.37. The van der Waals surface area contributed by atoms with Gasteiger partial charge in [0.2, 0.25) is 20.0 Å². The molecule has 1 heterocycles. The van der Waals surface area contributed by atoms with Crippen molar-refractivity contribution in [1.29, 1.82) is 0 Å². The van der Waals surface area contributed by atoms with Crippen molar-refractivity contribution in [3.63, 3.8) is 0 Å². The molecule has 0 atom stereocenters. The van der Waals surface area contributed by atoms with Crippen LogP contribution in [0.2, 0.25) is 0 Å². The zero-order valence-corrected chi connectivity index (χ0v) is 13.6. The molecule has 1 saturated heterocycles. The molecule has 1 fully saturated rings. The smallest absolute Gasteiger partial charge is 0.318 e.